The molecule has 0 radical (unpaired) electrons. The van der Waals surface area contributed by atoms with Gasteiger partial charge in [0.05, 0.1) is 37.9 Å². The number of esters is 1. The summed E-state index contributed by atoms with van der Waals surface area (Å²) in [4.78, 5) is 87.7. The highest BCUT2D eigenvalue weighted by Crippen LogP contribution is 2.30. The lowest BCUT2D eigenvalue weighted by Gasteiger charge is -2.29. The number of nitrogens with one attached hydrogen (secondary N) is 4. The Balaban J connectivity index is 0.981. The van der Waals surface area contributed by atoms with Gasteiger partial charge in [-0.25, -0.2) is 4.68 Å². The van der Waals surface area contributed by atoms with Crippen LogP contribution in [0, 0.1) is 17.3 Å². The minimum atomic E-state index is -0.848. The molecule has 0 spiro atoms. The maximum atomic E-state index is 13.1. The minimum Gasteiger partial charge on any atom is -0.460 e. The summed E-state index contributed by atoms with van der Waals surface area (Å²) in [5.41, 5.74) is 6.92. The van der Waals surface area contributed by atoms with E-state index < -0.39 is 35.8 Å². The highest BCUT2D eigenvalue weighted by atomic mass is 16.5. The maximum Gasteiger partial charge on any atom is 0.311 e. The predicted molar refractivity (Wildman–Crippen MR) is 232 cm³/mol. The van der Waals surface area contributed by atoms with Gasteiger partial charge >= 0.3 is 5.97 Å². The summed E-state index contributed by atoms with van der Waals surface area (Å²) in [6, 6.07) is 6.01. The highest BCUT2D eigenvalue weighted by Gasteiger charge is 2.31. The van der Waals surface area contributed by atoms with E-state index in [4.69, 9.17) is 24.7 Å². The van der Waals surface area contributed by atoms with Crippen LogP contribution in [0.25, 0.3) is 0 Å². The molecule has 0 saturated heterocycles. The summed E-state index contributed by atoms with van der Waals surface area (Å²) in [6.45, 7) is 8.10. The zero-order valence-corrected chi connectivity index (χ0v) is 37.3. The van der Waals surface area contributed by atoms with Gasteiger partial charge in [-0.15, -0.1) is 5.10 Å². The van der Waals surface area contributed by atoms with Crippen LogP contribution in [0.15, 0.2) is 42.6 Å². The Labute approximate surface area is 374 Å². The third-order valence-electron chi connectivity index (χ3n) is 10.5. The molecule has 1 atom stereocenters. The molecule has 1 saturated carbocycles. The smallest absolute Gasteiger partial charge is 0.311 e. The quantitative estimate of drug-likeness (QED) is 0.0461. The van der Waals surface area contributed by atoms with E-state index in [0.717, 1.165) is 18.4 Å². The highest BCUT2D eigenvalue weighted by molar-refractivity contribution is 6.12. The standard InChI is InChI=1S/C44H65N9O11/c1-44(2,3)43(60)64-28-32-10-14-34(15-11-32)48-42(59)36(7-4-5-18-45)49-38(55)30-63-29-37(54)46-19-23-61-21-6-22-62-24-20-52-27-35(50-51-52)25-47-41(58)33-12-8-31(9-13-33)26-53-39(56)16-17-40(53)57/h10-11,14-17,27,31,33,36H,4-9,12-13,18-26,28-30,45H2,1-3H3,(H,46,54)(H,47,58)(H,48,59)(H,49,55)/t31?,33?,36-/m0/s1. The second-order valence-corrected chi connectivity index (χ2v) is 16.9. The molecular formula is C44H65N9O11. The van der Waals surface area contributed by atoms with Crippen molar-refractivity contribution in [2.24, 2.45) is 23.0 Å². The van der Waals surface area contributed by atoms with Crippen molar-refractivity contribution in [1.29, 1.82) is 0 Å². The fraction of sp³-hybridized carbons (Fsp3) is 0.614. The monoisotopic (exact) mass is 895 g/mol. The number of nitrogens with two attached hydrogens (primary N) is 1. The molecule has 6 N–H and O–H groups in total. The summed E-state index contributed by atoms with van der Waals surface area (Å²) in [5.74, 6) is -2.18. The van der Waals surface area contributed by atoms with Crippen LogP contribution in [-0.4, -0.2) is 127 Å². The lowest BCUT2D eigenvalue weighted by atomic mass is 9.81. The Morgan fingerprint density at radius 2 is 1.53 bits per heavy atom. The number of ether oxygens (including phenoxy) is 4. The Kier molecular flexibility index (Phi) is 21.5. The van der Waals surface area contributed by atoms with Crippen molar-refractivity contribution in [3.05, 3.63) is 53.9 Å². The summed E-state index contributed by atoms with van der Waals surface area (Å²) < 4.78 is 23.5. The third-order valence-corrected chi connectivity index (χ3v) is 10.5. The van der Waals surface area contributed by atoms with Gasteiger partial charge in [0, 0.05) is 50.1 Å². The topological polar surface area (TPSA) is 264 Å². The van der Waals surface area contributed by atoms with Gasteiger partial charge in [0.15, 0.2) is 0 Å². The van der Waals surface area contributed by atoms with Crippen LogP contribution < -0.4 is 27.0 Å². The molecule has 1 aromatic carbocycles. The SMILES string of the molecule is CC(C)(C)C(=O)OCc1ccc(NC(=O)[C@H](CCCCN)NC(=O)COCC(=O)NCCOCCCOCCn2cc(CNC(=O)C3CCC(CN4C(=O)C=CC4=O)CC3)nn2)cc1. The third kappa shape index (κ3) is 18.6. The first-order valence-electron chi connectivity index (χ1n) is 22.0. The molecule has 352 valence electrons. The lowest BCUT2D eigenvalue weighted by Crippen LogP contribution is -2.45. The first kappa shape index (κ1) is 51.1. The van der Waals surface area contributed by atoms with Crippen LogP contribution in [0.4, 0.5) is 5.69 Å². The number of hydrogen-bond acceptors (Lipinski definition) is 14. The van der Waals surface area contributed by atoms with Crippen molar-refractivity contribution in [3.8, 4) is 0 Å². The Hall–Kier alpha value is -5.57. The van der Waals surface area contributed by atoms with Gasteiger partial charge in [0.25, 0.3) is 11.8 Å². The Bertz CT molecular complexity index is 1850. The maximum absolute atomic E-state index is 13.1. The normalized spacial score (nSPS) is 16.7. The molecule has 2 heterocycles. The molecule has 0 bridgehead atoms. The second kappa shape index (κ2) is 26.9. The Morgan fingerprint density at radius 3 is 2.22 bits per heavy atom. The molecule has 64 heavy (non-hydrogen) atoms. The fourth-order valence-electron chi connectivity index (χ4n) is 6.78. The van der Waals surface area contributed by atoms with Crippen molar-refractivity contribution in [2.45, 2.75) is 97.9 Å². The number of hydrogen-bond donors (Lipinski definition) is 5. The number of imide groups is 1. The summed E-state index contributed by atoms with van der Waals surface area (Å²) in [6.07, 6.45) is 9.61. The minimum absolute atomic E-state index is 0.0353. The van der Waals surface area contributed by atoms with E-state index in [1.165, 1.54) is 17.1 Å². The molecule has 4 rings (SSSR count). The van der Waals surface area contributed by atoms with E-state index in [0.29, 0.717) is 89.4 Å². The predicted octanol–water partition coefficient (Wildman–Crippen LogP) is 1.52. The zero-order valence-electron chi connectivity index (χ0n) is 37.3. The number of rotatable bonds is 28. The van der Waals surface area contributed by atoms with E-state index in [9.17, 15) is 33.6 Å². The van der Waals surface area contributed by atoms with Crippen LogP contribution in [-0.2, 0) is 72.2 Å². The average molecular weight is 896 g/mol. The van der Waals surface area contributed by atoms with Crippen molar-refractivity contribution < 1.29 is 52.5 Å². The van der Waals surface area contributed by atoms with Crippen molar-refractivity contribution in [3.63, 3.8) is 0 Å². The number of carbonyl (C=O) groups is 7. The van der Waals surface area contributed by atoms with Crippen molar-refractivity contribution in [2.75, 3.05) is 64.6 Å². The molecule has 2 aliphatic rings. The number of anilines is 1. The first-order valence-corrected chi connectivity index (χ1v) is 22.0. The van der Waals surface area contributed by atoms with Gasteiger partial charge in [-0.05, 0) is 102 Å². The number of benzene rings is 1. The van der Waals surface area contributed by atoms with Crippen molar-refractivity contribution >= 4 is 47.1 Å². The van der Waals surface area contributed by atoms with E-state index in [-0.39, 0.29) is 68.4 Å². The van der Waals surface area contributed by atoms with E-state index in [2.05, 4.69) is 31.6 Å². The van der Waals surface area contributed by atoms with Crippen molar-refractivity contribution in [1.82, 2.24) is 35.8 Å². The fourth-order valence-corrected chi connectivity index (χ4v) is 6.78. The van der Waals surface area contributed by atoms with Crippen LogP contribution in [0.1, 0.15) is 83.4 Å². The molecule has 0 unspecified atom stereocenters. The first-order chi connectivity index (χ1) is 30.7. The molecule has 2 aromatic rings. The van der Waals surface area contributed by atoms with Crippen LogP contribution in [0.5, 0.6) is 0 Å². The van der Waals surface area contributed by atoms with Gasteiger partial charge < -0.3 is 45.9 Å². The summed E-state index contributed by atoms with van der Waals surface area (Å²) >= 11 is 0. The molecule has 20 heteroatoms. The van der Waals surface area contributed by atoms with Crippen LogP contribution in [0.3, 0.4) is 0 Å². The molecule has 1 aliphatic carbocycles. The number of aromatic nitrogens is 3. The molecule has 6 amide bonds. The summed E-state index contributed by atoms with van der Waals surface area (Å²) in [7, 11) is 0. The van der Waals surface area contributed by atoms with Gasteiger partial charge in [-0.2, -0.15) is 0 Å². The number of amides is 6. The van der Waals surface area contributed by atoms with Crippen LogP contribution >= 0.6 is 0 Å². The van der Waals surface area contributed by atoms with E-state index >= 15 is 0 Å². The summed E-state index contributed by atoms with van der Waals surface area (Å²) in [5, 5.41) is 19.3. The molecule has 20 nitrogen and oxygen atoms in total. The number of nitrogens with zero attached hydrogens (tertiary/aromatic N) is 4. The van der Waals surface area contributed by atoms with E-state index in [1.807, 2.05) is 0 Å². The van der Waals surface area contributed by atoms with Crippen LogP contribution in [0.2, 0.25) is 0 Å². The number of unbranched alkanes of at least 4 members (excludes halogenated alkanes) is 1. The molecule has 1 fully saturated rings. The largest absolute Gasteiger partial charge is 0.460 e. The molecule has 1 aromatic heterocycles. The van der Waals surface area contributed by atoms with Gasteiger partial charge in [-0.1, -0.05) is 17.3 Å². The van der Waals surface area contributed by atoms with Gasteiger partial charge in [-0.3, -0.25) is 38.5 Å². The molecule has 1 aliphatic heterocycles. The second-order valence-electron chi connectivity index (χ2n) is 16.9. The molecular weight excluding hydrogens is 831 g/mol. The van der Waals surface area contributed by atoms with E-state index in [1.54, 1.807) is 55.9 Å². The Morgan fingerprint density at radius 1 is 0.844 bits per heavy atom. The average Bonchev–Trinajstić information content (AvgIpc) is 3.86. The van der Waals surface area contributed by atoms with Gasteiger partial charge in [0.1, 0.15) is 31.6 Å². The zero-order chi connectivity index (χ0) is 46.3. The number of carbonyl (C=O) groups excluding carboxylic acids is 7. The lowest BCUT2D eigenvalue weighted by molar-refractivity contribution is -0.154. The van der Waals surface area contributed by atoms with Gasteiger partial charge in [0.2, 0.25) is 23.6 Å².